The first kappa shape index (κ1) is 29.0. The Morgan fingerprint density at radius 3 is 2.19 bits per heavy atom. The van der Waals surface area contributed by atoms with Gasteiger partial charge in [0, 0.05) is 43.4 Å². The molecule has 0 atom stereocenters. The van der Waals surface area contributed by atoms with Crippen molar-refractivity contribution in [2.75, 3.05) is 11.4 Å². The number of nitrogens with one attached hydrogen (secondary N) is 1. The van der Waals surface area contributed by atoms with Gasteiger partial charge in [0.15, 0.2) is 12.4 Å². The fourth-order valence-corrected chi connectivity index (χ4v) is 5.71. The van der Waals surface area contributed by atoms with Crippen molar-refractivity contribution in [3.05, 3.63) is 143 Å². The third-order valence-corrected chi connectivity index (χ3v) is 8.65. The number of nitro groups is 1. The molecule has 10 nitrogen and oxygen atoms in total. The van der Waals surface area contributed by atoms with Gasteiger partial charge in [-0.15, -0.1) is 0 Å². The van der Waals surface area contributed by atoms with Crippen molar-refractivity contribution in [1.82, 2.24) is 5.32 Å². The number of carbonyl (C=O) groups excluding carboxylic acids is 1. The van der Waals surface area contributed by atoms with Crippen LogP contribution in [0.4, 0.5) is 11.4 Å². The highest BCUT2D eigenvalue weighted by molar-refractivity contribution is 7.92. The van der Waals surface area contributed by atoms with Gasteiger partial charge in [0.05, 0.1) is 15.5 Å². The standard InChI is InChI=1S/C32H26N4O6S/c1-34(43(41,42)29-16-17-30(31(21-29)36(39)40)35-18-3-2-4-19-35)27-7-5-6-23(20-27)22-33-32(38)26-10-8-24(9-11-26)25-12-14-28(37)15-13-25/h2-21H,22H2,1H3,(H-,33,37,38)/p+1. The highest BCUT2D eigenvalue weighted by Crippen LogP contribution is 2.28. The molecule has 0 unspecified atom stereocenters. The maximum absolute atomic E-state index is 13.5. The van der Waals surface area contributed by atoms with Crippen LogP contribution in [0, 0.1) is 10.1 Å². The zero-order valence-corrected chi connectivity index (χ0v) is 23.8. The topological polar surface area (TPSA) is 134 Å². The van der Waals surface area contributed by atoms with Gasteiger partial charge in [-0.05, 0) is 59.2 Å². The van der Waals surface area contributed by atoms with Crippen molar-refractivity contribution in [2.24, 2.45) is 0 Å². The van der Waals surface area contributed by atoms with E-state index in [1.54, 1.807) is 95.8 Å². The molecule has 1 heterocycles. The first-order chi connectivity index (χ1) is 20.6. The summed E-state index contributed by atoms with van der Waals surface area (Å²) in [5, 5.41) is 24.1. The predicted octanol–water partition coefficient (Wildman–Crippen LogP) is 5.00. The Labute approximate surface area is 248 Å². The van der Waals surface area contributed by atoms with Crippen LogP contribution in [0.15, 0.2) is 126 Å². The van der Waals surface area contributed by atoms with Crippen LogP contribution in [0.2, 0.25) is 0 Å². The van der Waals surface area contributed by atoms with Gasteiger partial charge in [-0.25, -0.2) is 8.42 Å². The van der Waals surface area contributed by atoms with Crippen LogP contribution in [0.25, 0.3) is 16.8 Å². The van der Waals surface area contributed by atoms with Crippen LogP contribution in [-0.4, -0.2) is 31.4 Å². The quantitative estimate of drug-likeness (QED) is 0.140. The highest BCUT2D eigenvalue weighted by atomic mass is 32.2. The van der Waals surface area contributed by atoms with E-state index in [0.29, 0.717) is 16.8 Å². The van der Waals surface area contributed by atoms with Crippen LogP contribution in [0.1, 0.15) is 15.9 Å². The third-order valence-electron chi connectivity index (χ3n) is 6.87. The van der Waals surface area contributed by atoms with Crippen LogP contribution in [0.3, 0.4) is 0 Å². The molecule has 2 N–H and O–H groups in total. The fraction of sp³-hybridized carbons (Fsp3) is 0.0625. The van der Waals surface area contributed by atoms with Crippen molar-refractivity contribution < 1.29 is 27.8 Å². The lowest BCUT2D eigenvalue weighted by atomic mass is 10.0. The summed E-state index contributed by atoms with van der Waals surface area (Å²) in [6, 6.07) is 29.5. The molecule has 5 rings (SSSR count). The first-order valence-corrected chi connectivity index (χ1v) is 14.6. The van der Waals surface area contributed by atoms with Gasteiger partial charge in [-0.3, -0.25) is 19.2 Å². The summed E-state index contributed by atoms with van der Waals surface area (Å²) in [5.74, 6) is -0.124. The van der Waals surface area contributed by atoms with Crippen LogP contribution < -0.4 is 14.2 Å². The summed E-state index contributed by atoms with van der Waals surface area (Å²) < 4.78 is 29.5. The molecule has 43 heavy (non-hydrogen) atoms. The Bertz CT molecular complexity index is 1900. The lowest BCUT2D eigenvalue weighted by Crippen LogP contribution is -2.31. The number of aromatic hydroxyl groups is 1. The van der Waals surface area contributed by atoms with E-state index in [1.807, 2.05) is 12.1 Å². The van der Waals surface area contributed by atoms with Gasteiger partial charge in [-0.2, -0.15) is 4.57 Å². The predicted molar refractivity (Wildman–Crippen MR) is 161 cm³/mol. The van der Waals surface area contributed by atoms with E-state index in [4.69, 9.17) is 0 Å². The average molecular weight is 596 g/mol. The minimum atomic E-state index is -4.15. The number of phenols is 1. The minimum absolute atomic E-state index is 0.148. The summed E-state index contributed by atoms with van der Waals surface area (Å²) in [6.07, 6.45) is 3.28. The molecule has 1 amide bonds. The number of nitrogens with zero attached hydrogens (tertiary/aromatic N) is 3. The monoisotopic (exact) mass is 595 g/mol. The molecular weight excluding hydrogens is 568 g/mol. The normalized spacial score (nSPS) is 11.1. The Kier molecular flexibility index (Phi) is 8.17. The highest BCUT2D eigenvalue weighted by Gasteiger charge is 2.29. The SMILES string of the molecule is CN(c1cccc(CNC(=O)c2ccc(-c3ccc(O)cc3)cc2)c1)S(=O)(=O)c1ccc(-[n+]2ccccc2)c([N+](=O)[O-])c1. The smallest absolute Gasteiger partial charge is 0.341 e. The van der Waals surface area contributed by atoms with Crippen molar-refractivity contribution in [3.63, 3.8) is 0 Å². The number of nitro benzene ring substituents is 1. The minimum Gasteiger partial charge on any atom is -0.508 e. The summed E-state index contributed by atoms with van der Waals surface area (Å²) in [4.78, 5) is 23.8. The van der Waals surface area contributed by atoms with Crippen molar-refractivity contribution in [2.45, 2.75) is 11.4 Å². The molecule has 216 valence electrons. The number of carbonyl (C=O) groups is 1. The second-order valence-corrected chi connectivity index (χ2v) is 11.6. The molecule has 1 aromatic heterocycles. The molecule has 0 saturated carbocycles. The molecule has 0 aliphatic heterocycles. The maximum Gasteiger partial charge on any atom is 0.341 e. The molecule has 0 aliphatic rings. The van der Waals surface area contributed by atoms with Crippen LogP contribution in [0.5, 0.6) is 5.75 Å². The number of amides is 1. The lowest BCUT2D eigenvalue weighted by Gasteiger charge is -2.20. The molecule has 5 aromatic rings. The number of hydrogen-bond acceptors (Lipinski definition) is 6. The molecule has 11 heteroatoms. The van der Waals surface area contributed by atoms with Gasteiger partial charge in [0.2, 0.25) is 0 Å². The lowest BCUT2D eigenvalue weighted by molar-refractivity contribution is -0.600. The van der Waals surface area contributed by atoms with Crippen LogP contribution >= 0.6 is 0 Å². The van der Waals surface area contributed by atoms with Crippen molar-refractivity contribution >= 4 is 27.3 Å². The van der Waals surface area contributed by atoms with E-state index in [9.17, 15) is 28.4 Å². The number of benzene rings is 4. The van der Waals surface area contributed by atoms with E-state index >= 15 is 0 Å². The molecule has 0 aliphatic carbocycles. The number of hydrogen-bond donors (Lipinski definition) is 2. The van der Waals surface area contributed by atoms with Crippen molar-refractivity contribution in [3.8, 4) is 22.6 Å². The van der Waals surface area contributed by atoms with E-state index in [-0.39, 0.29) is 34.5 Å². The van der Waals surface area contributed by atoms with E-state index in [2.05, 4.69) is 5.32 Å². The Morgan fingerprint density at radius 2 is 1.53 bits per heavy atom. The fourth-order valence-electron chi connectivity index (χ4n) is 4.50. The number of rotatable bonds is 9. The Morgan fingerprint density at radius 1 is 0.884 bits per heavy atom. The number of sulfonamides is 1. The number of pyridine rings is 1. The molecule has 0 radical (unpaired) electrons. The Hall–Kier alpha value is -5.55. The third kappa shape index (κ3) is 6.36. The Balaban J connectivity index is 1.30. The molecule has 0 saturated heterocycles. The van der Waals surface area contributed by atoms with Gasteiger partial charge >= 0.3 is 5.69 Å². The van der Waals surface area contributed by atoms with Gasteiger partial charge < -0.3 is 10.4 Å². The molecule has 0 fully saturated rings. The number of phenolic OH excluding ortho intramolecular Hbond substituents is 1. The molecule has 0 bridgehead atoms. The molecular formula is C32H27N4O6S+. The zero-order valence-electron chi connectivity index (χ0n) is 23.0. The second-order valence-electron chi connectivity index (χ2n) is 9.64. The average Bonchev–Trinajstić information content (AvgIpc) is 3.04. The number of aromatic nitrogens is 1. The van der Waals surface area contributed by atoms with Gasteiger partial charge in [0.25, 0.3) is 21.6 Å². The number of anilines is 1. The van der Waals surface area contributed by atoms with Crippen LogP contribution in [-0.2, 0) is 16.6 Å². The van der Waals surface area contributed by atoms with E-state index < -0.39 is 14.9 Å². The van der Waals surface area contributed by atoms with E-state index in [1.165, 1.54) is 19.2 Å². The van der Waals surface area contributed by atoms with Gasteiger partial charge in [0.1, 0.15) is 5.75 Å². The zero-order chi connectivity index (χ0) is 30.6. The van der Waals surface area contributed by atoms with Crippen molar-refractivity contribution in [1.29, 1.82) is 0 Å². The maximum atomic E-state index is 13.5. The summed E-state index contributed by atoms with van der Waals surface area (Å²) in [5.41, 5.74) is 3.13. The first-order valence-electron chi connectivity index (χ1n) is 13.1. The second kappa shape index (κ2) is 12.1. The van der Waals surface area contributed by atoms with E-state index in [0.717, 1.165) is 21.5 Å². The molecule has 4 aromatic carbocycles. The van der Waals surface area contributed by atoms with Gasteiger partial charge in [-0.1, -0.05) is 42.5 Å². The largest absolute Gasteiger partial charge is 0.508 e. The summed E-state index contributed by atoms with van der Waals surface area (Å²) >= 11 is 0. The summed E-state index contributed by atoms with van der Waals surface area (Å²) in [7, 11) is -2.78. The molecule has 0 spiro atoms. The summed E-state index contributed by atoms with van der Waals surface area (Å²) in [6.45, 7) is 0.148.